The van der Waals surface area contributed by atoms with Crippen molar-refractivity contribution in [2.45, 2.75) is 26.3 Å². The van der Waals surface area contributed by atoms with Crippen molar-refractivity contribution in [1.82, 2.24) is 4.98 Å². The van der Waals surface area contributed by atoms with Gasteiger partial charge >= 0.3 is 5.97 Å². The summed E-state index contributed by atoms with van der Waals surface area (Å²) in [5.41, 5.74) is 0.818. The minimum absolute atomic E-state index is 0.198. The molecule has 6 heteroatoms. The molecule has 1 aliphatic heterocycles. The molecule has 1 saturated heterocycles. The SMILES string of the molecule is CCOC(=O)Cc1csc(N2CCSCC2C)n1. The van der Waals surface area contributed by atoms with Gasteiger partial charge in [0.1, 0.15) is 0 Å². The van der Waals surface area contributed by atoms with Crippen LogP contribution in [0, 0.1) is 0 Å². The number of ether oxygens (including phenoxy) is 1. The zero-order chi connectivity index (χ0) is 13.0. The van der Waals surface area contributed by atoms with Gasteiger partial charge in [0.25, 0.3) is 0 Å². The summed E-state index contributed by atoms with van der Waals surface area (Å²) in [5, 5.41) is 2.99. The highest BCUT2D eigenvalue weighted by atomic mass is 32.2. The average Bonchev–Trinajstić information content (AvgIpc) is 2.78. The Kier molecular flexibility index (Phi) is 4.88. The number of carbonyl (C=O) groups is 1. The molecular formula is C12H18N2O2S2. The van der Waals surface area contributed by atoms with Crippen molar-refractivity contribution in [2.75, 3.05) is 29.6 Å². The molecule has 1 atom stereocenters. The molecule has 0 N–H and O–H groups in total. The van der Waals surface area contributed by atoms with Crippen LogP contribution in [0.3, 0.4) is 0 Å². The van der Waals surface area contributed by atoms with Crippen LogP contribution in [0.2, 0.25) is 0 Å². The fourth-order valence-electron chi connectivity index (χ4n) is 1.88. The first-order valence-corrected chi connectivity index (χ1v) is 8.18. The lowest BCUT2D eigenvalue weighted by Gasteiger charge is -2.32. The van der Waals surface area contributed by atoms with E-state index in [1.54, 1.807) is 11.3 Å². The second kappa shape index (κ2) is 6.43. The molecule has 1 aromatic heterocycles. The first-order chi connectivity index (χ1) is 8.70. The molecule has 0 spiro atoms. The monoisotopic (exact) mass is 286 g/mol. The third-order valence-electron chi connectivity index (χ3n) is 2.78. The van der Waals surface area contributed by atoms with Gasteiger partial charge in [0.15, 0.2) is 5.13 Å². The van der Waals surface area contributed by atoms with Gasteiger partial charge in [-0.3, -0.25) is 4.79 Å². The Hall–Kier alpha value is -0.750. The van der Waals surface area contributed by atoms with E-state index in [0.717, 1.165) is 28.9 Å². The van der Waals surface area contributed by atoms with Crippen molar-refractivity contribution < 1.29 is 9.53 Å². The highest BCUT2D eigenvalue weighted by Gasteiger charge is 2.21. The topological polar surface area (TPSA) is 42.4 Å². The van der Waals surface area contributed by atoms with E-state index in [0.29, 0.717) is 12.6 Å². The Morgan fingerprint density at radius 2 is 2.50 bits per heavy atom. The minimum atomic E-state index is -0.198. The lowest BCUT2D eigenvalue weighted by atomic mass is 10.3. The number of hydrogen-bond donors (Lipinski definition) is 0. The van der Waals surface area contributed by atoms with Gasteiger partial charge in [-0.1, -0.05) is 0 Å². The third-order valence-corrected chi connectivity index (χ3v) is 4.90. The predicted molar refractivity (Wildman–Crippen MR) is 76.6 cm³/mol. The predicted octanol–water partition coefficient (Wildman–Crippen LogP) is 2.19. The van der Waals surface area contributed by atoms with Gasteiger partial charge in [0, 0.05) is 29.5 Å². The van der Waals surface area contributed by atoms with Crippen LogP contribution in [-0.2, 0) is 16.0 Å². The van der Waals surface area contributed by atoms with Crippen molar-refractivity contribution >= 4 is 34.2 Å². The molecule has 1 fully saturated rings. The van der Waals surface area contributed by atoms with E-state index in [1.807, 2.05) is 24.1 Å². The Labute approximate surface area is 116 Å². The molecule has 2 heterocycles. The summed E-state index contributed by atoms with van der Waals surface area (Å²) in [6, 6.07) is 0.519. The van der Waals surface area contributed by atoms with Gasteiger partial charge in [0.05, 0.1) is 18.7 Å². The van der Waals surface area contributed by atoms with Crippen LogP contribution in [0.4, 0.5) is 5.13 Å². The lowest BCUT2D eigenvalue weighted by molar-refractivity contribution is -0.142. The summed E-state index contributed by atoms with van der Waals surface area (Å²) >= 11 is 3.60. The first kappa shape index (κ1) is 13.7. The molecular weight excluding hydrogens is 268 g/mol. The largest absolute Gasteiger partial charge is 0.466 e. The Morgan fingerprint density at radius 3 is 3.22 bits per heavy atom. The number of nitrogens with zero attached hydrogens (tertiary/aromatic N) is 2. The van der Waals surface area contributed by atoms with E-state index in [4.69, 9.17) is 4.74 Å². The molecule has 1 unspecified atom stereocenters. The van der Waals surface area contributed by atoms with Crippen molar-refractivity contribution in [2.24, 2.45) is 0 Å². The van der Waals surface area contributed by atoms with Crippen LogP contribution in [0.5, 0.6) is 0 Å². The second-order valence-corrected chi connectivity index (χ2v) is 6.21. The molecule has 2 rings (SSSR count). The number of thiazole rings is 1. The highest BCUT2D eigenvalue weighted by Crippen LogP contribution is 2.27. The van der Waals surface area contributed by atoms with Gasteiger partial charge in [-0.25, -0.2) is 4.98 Å². The zero-order valence-electron chi connectivity index (χ0n) is 10.7. The van der Waals surface area contributed by atoms with Crippen molar-refractivity contribution in [3.05, 3.63) is 11.1 Å². The lowest BCUT2D eigenvalue weighted by Crippen LogP contribution is -2.40. The fourth-order valence-corrected chi connectivity index (χ4v) is 3.85. The number of aromatic nitrogens is 1. The molecule has 100 valence electrons. The molecule has 0 bridgehead atoms. The minimum Gasteiger partial charge on any atom is -0.466 e. The number of thioether (sulfide) groups is 1. The van der Waals surface area contributed by atoms with Gasteiger partial charge in [-0.15, -0.1) is 11.3 Å². The normalized spacial score (nSPS) is 19.9. The van der Waals surface area contributed by atoms with E-state index in [-0.39, 0.29) is 12.4 Å². The Balaban J connectivity index is 1.98. The van der Waals surface area contributed by atoms with Gasteiger partial charge in [-0.05, 0) is 13.8 Å². The van der Waals surface area contributed by atoms with E-state index >= 15 is 0 Å². The van der Waals surface area contributed by atoms with Crippen LogP contribution in [-0.4, -0.2) is 41.7 Å². The standard InChI is InChI=1S/C12H18N2O2S2/c1-3-16-11(15)6-10-8-18-12(13-10)14-4-5-17-7-9(14)2/h8-9H,3-7H2,1-2H3. The molecule has 1 aliphatic rings. The number of carbonyl (C=O) groups excluding carboxylic acids is 1. The Bertz CT molecular complexity index is 409. The number of hydrogen-bond acceptors (Lipinski definition) is 6. The average molecular weight is 286 g/mol. The number of rotatable bonds is 4. The van der Waals surface area contributed by atoms with Gasteiger partial charge < -0.3 is 9.64 Å². The summed E-state index contributed by atoms with van der Waals surface area (Å²) in [6.45, 7) is 5.50. The quantitative estimate of drug-likeness (QED) is 0.794. The van der Waals surface area contributed by atoms with Gasteiger partial charge in [-0.2, -0.15) is 11.8 Å². The third kappa shape index (κ3) is 3.38. The number of esters is 1. The highest BCUT2D eigenvalue weighted by molar-refractivity contribution is 7.99. The summed E-state index contributed by atoms with van der Waals surface area (Å²) in [7, 11) is 0. The van der Waals surface area contributed by atoms with Crippen LogP contribution < -0.4 is 4.90 Å². The molecule has 0 aromatic carbocycles. The molecule has 0 saturated carbocycles. The van der Waals surface area contributed by atoms with E-state index in [2.05, 4.69) is 16.8 Å². The molecule has 0 amide bonds. The molecule has 1 aromatic rings. The van der Waals surface area contributed by atoms with E-state index in [1.165, 1.54) is 0 Å². The number of anilines is 1. The summed E-state index contributed by atoms with van der Waals surface area (Å²) in [6.07, 6.45) is 0.279. The van der Waals surface area contributed by atoms with Crippen LogP contribution in [0.15, 0.2) is 5.38 Å². The zero-order valence-corrected chi connectivity index (χ0v) is 12.4. The van der Waals surface area contributed by atoms with Crippen molar-refractivity contribution in [3.63, 3.8) is 0 Å². The van der Waals surface area contributed by atoms with E-state index < -0.39 is 0 Å². The molecule has 4 nitrogen and oxygen atoms in total. The maximum Gasteiger partial charge on any atom is 0.311 e. The van der Waals surface area contributed by atoms with Crippen molar-refractivity contribution in [1.29, 1.82) is 0 Å². The smallest absolute Gasteiger partial charge is 0.311 e. The van der Waals surface area contributed by atoms with Gasteiger partial charge in [0.2, 0.25) is 0 Å². The first-order valence-electron chi connectivity index (χ1n) is 6.15. The van der Waals surface area contributed by atoms with Crippen LogP contribution >= 0.6 is 23.1 Å². The maximum atomic E-state index is 11.4. The Morgan fingerprint density at radius 1 is 1.67 bits per heavy atom. The van der Waals surface area contributed by atoms with Crippen LogP contribution in [0.1, 0.15) is 19.5 Å². The second-order valence-electron chi connectivity index (χ2n) is 4.22. The maximum absolute atomic E-state index is 11.4. The van der Waals surface area contributed by atoms with Crippen LogP contribution in [0.25, 0.3) is 0 Å². The summed E-state index contributed by atoms with van der Waals surface area (Å²) in [4.78, 5) is 18.3. The summed E-state index contributed by atoms with van der Waals surface area (Å²) in [5.74, 6) is 2.10. The van der Waals surface area contributed by atoms with E-state index in [9.17, 15) is 4.79 Å². The molecule has 18 heavy (non-hydrogen) atoms. The fraction of sp³-hybridized carbons (Fsp3) is 0.667. The van der Waals surface area contributed by atoms with Crippen molar-refractivity contribution in [3.8, 4) is 0 Å². The summed E-state index contributed by atoms with van der Waals surface area (Å²) < 4.78 is 4.93. The molecule has 0 aliphatic carbocycles. The molecule has 0 radical (unpaired) electrons.